The average Bonchev–Trinajstić information content (AvgIpc) is 2.27. The predicted molar refractivity (Wildman–Crippen MR) is 82.9 cm³/mol. The SMILES string of the molecule is CCCC(N)CCN(CCC(C)C)CCC(C)C. The maximum absolute atomic E-state index is 6.12. The van der Waals surface area contributed by atoms with Gasteiger partial charge in [-0.25, -0.2) is 0 Å². The van der Waals surface area contributed by atoms with Crippen molar-refractivity contribution >= 4 is 0 Å². The van der Waals surface area contributed by atoms with Gasteiger partial charge in [-0.15, -0.1) is 0 Å². The molecule has 0 rings (SSSR count). The summed E-state index contributed by atoms with van der Waals surface area (Å²) in [6, 6.07) is 0.399. The molecule has 2 N–H and O–H groups in total. The Hall–Kier alpha value is -0.0800. The second-order valence-corrected chi connectivity index (χ2v) is 6.54. The molecule has 2 heteroatoms. The molecule has 0 aliphatic carbocycles. The Kier molecular flexibility index (Phi) is 10.8. The molecule has 0 radical (unpaired) electrons. The zero-order chi connectivity index (χ0) is 14.0. The molecule has 0 amide bonds. The zero-order valence-corrected chi connectivity index (χ0v) is 13.4. The molecule has 0 spiro atoms. The van der Waals surface area contributed by atoms with Crippen molar-refractivity contribution in [1.82, 2.24) is 4.90 Å². The minimum atomic E-state index is 0.399. The lowest BCUT2D eigenvalue weighted by Gasteiger charge is -2.25. The van der Waals surface area contributed by atoms with Crippen LogP contribution in [0.1, 0.15) is 66.7 Å². The normalized spacial score (nSPS) is 13.8. The van der Waals surface area contributed by atoms with Crippen molar-refractivity contribution in [3.05, 3.63) is 0 Å². The van der Waals surface area contributed by atoms with E-state index >= 15 is 0 Å². The topological polar surface area (TPSA) is 29.3 Å². The van der Waals surface area contributed by atoms with Gasteiger partial charge in [0.05, 0.1) is 0 Å². The Morgan fingerprint density at radius 3 is 1.61 bits per heavy atom. The van der Waals surface area contributed by atoms with Crippen molar-refractivity contribution in [3.8, 4) is 0 Å². The highest BCUT2D eigenvalue weighted by atomic mass is 15.1. The lowest BCUT2D eigenvalue weighted by atomic mass is 10.1. The zero-order valence-electron chi connectivity index (χ0n) is 13.4. The third kappa shape index (κ3) is 11.0. The van der Waals surface area contributed by atoms with Crippen LogP contribution >= 0.6 is 0 Å². The fraction of sp³-hybridized carbons (Fsp3) is 1.00. The smallest absolute Gasteiger partial charge is 0.00509 e. The summed E-state index contributed by atoms with van der Waals surface area (Å²) in [6.07, 6.45) is 6.15. The Morgan fingerprint density at radius 1 is 0.778 bits per heavy atom. The van der Waals surface area contributed by atoms with E-state index in [9.17, 15) is 0 Å². The van der Waals surface area contributed by atoms with Gasteiger partial charge in [0, 0.05) is 6.04 Å². The standard InChI is InChI=1S/C16H36N2/c1-6-7-16(17)10-13-18(11-8-14(2)3)12-9-15(4)5/h14-16H,6-13,17H2,1-5H3. The lowest BCUT2D eigenvalue weighted by molar-refractivity contribution is 0.234. The van der Waals surface area contributed by atoms with Gasteiger partial charge in [0.15, 0.2) is 0 Å². The molecule has 1 atom stereocenters. The van der Waals surface area contributed by atoms with Crippen LogP contribution in [0.4, 0.5) is 0 Å². The Bertz CT molecular complexity index is 166. The summed E-state index contributed by atoms with van der Waals surface area (Å²) in [5, 5.41) is 0. The van der Waals surface area contributed by atoms with E-state index < -0.39 is 0 Å². The van der Waals surface area contributed by atoms with E-state index in [2.05, 4.69) is 39.5 Å². The van der Waals surface area contributed by atoms with Crippen LogP contribution in [0.3, 0.4) is 0 Å². The summed E-state index contributed by atoms with van der Waals surface area (Å²) in [4.78, 5) is 2.62. The number of nitrogens with zero attached hydrogens (tertiary/aromatic N) is 1. The first-order chi connectivity index (χ1) is 8.45. The van der Waals surface area contributed by atoms with E-state index in [1.165, 1.54) is 45.3 Å². The first-order valence-corrected chi connectivity index (χ1v) is 7.93. The van der Waals surface area contributed by atoms with Crippen molar-refractivity contribution in [2.75, 3.05) is 19.6 Å². The molecule has 0 heterocycles. The Morgan fingerprint density at radius 2 is 1.22 bits per heavy atom. The maximum atomic E-state index is 6.12. The third-order valence-electron chi connectivity index (χ3n) is 3.52. The molecule has 0 saturated heterocycles. The second kappa shape index (κ2) is 10.8. The summed E-state index contributed by atoms with van der Waals surface area (Å²) in [6.45, 7) is 15.1. The van der Waals surface area contributed by atoms with Crippen LogP contribution in [0.25, 0.3) is 0 Å². The van der Waals surface area contributed by atoms with Crippen LogP contribution in [0.2, 0.25) is 0 Å². The Balaban J connectivity index is 3.94. The maximum Gasteiger partial charge on any atom is 0.00509 e. The highest BCUT2D eigenvalue weighted by Crippen LogP contribution is 2.08. The summed E-state index contributed by atoms with van der Waals surface area (Å²) < 4.78 is 0. The summed E-state index contributed by atoms with van der Waals surface area (Å²) in [7, 11) is 0. The van der Waals surface area contributed by atoms with E-state index in [0.717, 1.165) is 18.3 Å². The van der Waals surface area contributed by atoms with Crippen molar-refractivity contribution in [1.29, 1.82) is 0 Å². The molecule has 0 aliphatic heterocycles. The molecule has 2 nitrogen and oxygen atoms in total. The monoisotopic (exact) mass is 256 g/mol. The van der Waals surface area contributed by atoms with Gasteiger partial charge in [-0.3, -0.25) is 0 Å². The van der Waals surface area contributed by atoms with E-state index in [1.54, 1.807) is 0 Å². The fourth-order valence-electron chi connectivity index (χ4n) is 2.08. The van der Waals surface area contributed by atoms with Gasteiger partial charge >= 0.3 is 0 Å². The molecule has 0 aromatic rings. The summed E-state index contributed by atoms with van der Waals surface area (Å²) in [5.74, 6) is 1.60. The van der Waals surface area contributed by atoms with Crippen LogP contribution < -0.4 is 5.73 Å². The minimum Gasteiger partial charge on any atom is -0.328 e. The van der Waals surface area contributed by atoms with Gasteiger partial charge < -0.3 is 10.6 Å². The van der Waals surface area contributed by atoms with Crippen LogP contribution in [-0.4, -0.2) is 30.6 Å². The summed E-state index contributed by atoms with van der Waals surface area (Å²) in [5.41, 5.74) is 6.12. The van der Waals surface area contributed by atoms with Gasteiger partial charge in [0.1, 0.15) is 0 Å². The molecule has 1 unspecified atom stereocenters. The third-order valence-corrected chi connectivity index (χ3v) is 3.52. The van der Waals surface area contributed by atoms with Gasteiger partial charge in [-0.05, 0) is 57.2 Å². The number of rotatable bonds is 11. The van der Waals surface area contributed by atoms with E-state index in [-0.39, 0.29) is 0 Å². The number of hydrogen-bond acceptors (Lipinski definition) is 2. The number of nitrogens with two attached hydrogens (primary N) is 1. The molecule has 18 heavy (non-hydrogen) atoms. The minimum absolute atomic E-state index is 0.399. The largest absolute Gasteiger partial charge is 0.328 e. The molecule has 0 aliphatic rings. The first-order valence-electron chi connectivity index (χ1n) is 7.93. The average molecular weight is 256 g/mol. The van der Waals surface area contributed by atoms with Crippen molar-refractivity contribution < 1.29 is 0 Å². The molecule has 0 aromatic heterocycles. The van der Waals surface area contributed by atoms with Gasteiger partial charge in [-0.1, -0.05) is 41.0 Å². The number of hydrogen-bond donors (Lipinski definition) is 1. The van der Waals surface area contributed by atoms with Crippen molar-refractivity contribution in [2.45, 2.75) is 72.8 Å². The van der Waals surface area contributed by atoms with E-state index in [1.807, 2.05) is 0 Å². The van der Waals surface area contributed by atoms with Crippen LogP contribution in [0.15, 0.2) is 0 Å². The molecular weight excluding hydrogens is 220 g/mol. The quantitative estimate of drug-likeness (QED) is 0.607. The lowest BCUT2D eigenvalue weighted by Crippen LogP contribution is -2.33. The van der Waals surface area contributed by atoms with Gasteiger partial charge in [0.25, 0.3) is 0 Å². The fourth-order valence-corrected chi connectivity index (χ4v) is 2.08. The van der Waals surface area contributed by atoms with Crippen LogP contribution in [0, 0.1) is 11.8 Å². The molecule has 0 saturated carbocycles. The van der Waals surface area contributed by atoms with Gasteiger partial charge in [0.2, 0.25) is 0 Å². The highest BCUT2D eigenvalue weighted by Gasteiger charge is 2.09. The van der Waals surface area contributed by atoms with Gasteiger partial charge in [-0.2, -0.15) is 0 Å². The molecule has 0 fully saturated rings. The first kappa shape index (κ1) is 17.9. The van der Waals surface area contributed by atoms with E-state index in [4.69, 9.17) is 5.73 Å². The Labute approximate surface area is 115 Å². The van der Waals surface area contributed by atoms with Crippen molar-refractivity contribution in [3.63, 3.8) is 0 Å². The molecule has 0 aromatic carbocycles. The predicted octanol–water partition coefficient (Wildman–Crippen LogP) is 3.90. The second-order valence-electron chi connectivity index (χ2n) is 6.54. The molecular formula is C16H36N2. The van der Waals surface area contributed by atoms with Crippen molar-refractivity contribution in [2.24, 2.45) is 17.6 Å². The van der Waals surface area contributed by atoms with Crippen LogP contribution in [0.5, 0.6) is 0 Å². The van der Waals surface area contributed by atoms with Crippen LogP contribution in [-0.2, 0) is 0 Å². The molecule has 0 bridgehead atoms. The highest BCUT2D eigenvalue weighted by molar-refractivity contribution is 4.67. The summed E-state index contributed by atoms with van der Waals surface area (Å²) >= 11 is 0. The molecule has 110 valence electrons. The van der Waals surface area contributed by atoms with E-state index in [0.29, 0.717) is 6.04 Å².